The number of rotatable bonds is 38. The number of carbonyl (C=O) groups excluding carboxylic acids is 1. The van der Waals surface area contributed by atoms with Crippen LogP contribution in [0.4, 0.5) is 0 Å². The standard InChI is InChI=1S/C44H83NO4/c1-3-5-7-9-11-13-15-17-18-19-20-21-22-23-24-26-28-30-32-34-36-38-43(48)42(40-46)45-44(49)39-41(47)37-35-33-31-29-27-25-16-14-12-10-8-6-4-2/h14,16,28,30,36,38,41-43,46-48H,3-13,15,17-27,29,31-35,37,39-40H2,1-2H3,(H,45,49)/b16-14-,30-28+,38-36+. The van der Waals surface area contributed by atoms with E-state index in [2.05, 4.69) is 43.5 Å². The molecule has 0 aromatic heterocycles. The Bertz CT molecular complexity index is 764. The van der Waals surface area contributed by atoms with Crippen LogP contribution in [0.1, 0.15) is 213 Å². The first kappa shape index (κ1) is 47.6. The highest BCUT2D eigenvalue weighted by Gasteiger charge is 2.20. The van der Waals surface area contributed by atoms with Crippen molar-refractivity contribution in [1.82, 2.24) is 5.32 Å². The third-order valence-electron chi connectivity index (χ3n) is 9.65. The third-order valence-corrected chi connectivity index (χ3v) is 9.65. The normalized spacial score (nSPS) is 14.0. The maximum absolute atomic E-state index is 12.4. The summed E-state index contributed by atoms with van der Waals surface area (Å²) in [4.78, 5) is 12.4. The Hall–Kier alpha value is -1.43. The molecule has 1 amide bonds. The van der Waals surface area contributed by atoms with Crippen molar-refractivity contribution in [1.29, 1.82) is 0 Å². The van der Waals surface area contributed by atoms with Crippen molar-refractivity contribution in [3.05, 3.63) is 36.5 Å². The average Bonchev–Trinajstić information content (AvgIpc) is 3.09. The first-order valence-electron chi connectivity index (χ1n) is 21.3. The summed E-state index contributed by atoms with van der Waals surface area (Å²) in [5.41, 5.74) is 0. The van der Waals surface area contributed by atoms with Crippen LogP contribution in [0.25, 0.3) is 0 Å². The molecule has 0 aliphatic rings. The molecule has 4 N–H and O–H groups in total. The van der Waals surface area contributed by atoms with Crippen LogP contribution in [-0.4, -0.2) is 46.1 Å². The lowest BCUT2D eigenvalue weighted by Crippen LogP contribution is -2.45. The van der Waals surface area contributed by atoms with Gasteiger partial charge >= 0.3 is 0 Å². The van der Waals surface area contributed by atoms with Gasteiger partial charge in [0.15, 0.2) is 0 Å². The van der Waals surface area contributed by atoms with Gasteiger partial charge in [-0.1, -0.05) is 185 Å². The monoisotopic (exact) mass is 690 g/mol. The van der Waals surface area contributed by atoms with E-state index in [9.17, 15) is 20.1 Å². The lowest BCUT2D eigenvalue weighted by atomic mass is 10.0. The van der Waals surface area contributed by atoms with Crippen LogP contribution in [0.5, 0.6) is 0 Å². The molecule has 5 heteroatoms. The minimum absolute atomic E-state index is 0.000136. The maximum atomic E-state index is 12.4. The number of aliphatic hydroxyl groups excluding tert-OH is 3. The van der Waals surface area contributed by atoms with E-state index in [1.54, 1.807) is 6.08 Å². The predicted molar refractivity (Wildman–Crippen MR) is 213 cm³/mol. The van der Waals surface area contributed by atoms with Gasteiger partial charge in [-0.25, -0.2) is 0 Å². The quantitative estimate of drug-likeness (QED) is 0.0384. The van der Waals surface area contributed by atoms with Crippen LogP contribution in [0.2, 0.25) is 0 Å². The molecule has 3 atom stereocenters. The summed E-state index contributed by atoms with van der Waals surface area (Å²) < 4.78 is 0. The number of carbonyl (C=O) groups is 1. The maximum Gasteiger partial charge on any atom is 0.222 e. The summed E-state index contributed by atoms with van der Waals surface area (Å²) in [5, 5.41) is 33.1. The van der Waals surface area contributed by atoms with Gasteiger partial charge in [0, 0.05) is 0 Å². The van der Waals surface area contributed by atoms with Gasteiger partial charge < -0.3 is 20.6 Å². The molecule has 0 bridgehead atoms. The molecule has 0 radical (unpaired) electrons. The van der Waals surface area contributed by atoms with E-state index < -0.39 is 18.2 Å². The molecule has 0 saturated carbocycles. The zero-order valence-electron chi connectivity index (χ0n) is 32.6. The molecule has 0 saturated heterocycles. The number of aliphatic hydroxyl groups is 3. The Balaban J connectivity index is 3.72. The van der Waals surface area contributed by atoms with E-state index in [1.807, 2.05) is 6.08 Å². The second-order valence-electron chi connectivity index (χ2n) is 14.6. The smallest absolute Gasteiger partial charge is 0.222 e. The van der Waals surface area contributed by atoms with Crippen molar-refractivity contribution in [2.45, 2.75) is 231 Å². The third kappa shape index (κ3) is 36.2. The van der Waals surface area contributed by atoms with E-state index in [-0.39, 0.29) is 18.9 Å². The molecule has 3 unspecified atom stereocenters. The van der Waals surface area contributed by atoms with Crippen LogP contribution in [-0.2, 0) is 4.79 Å². The summed E-state index contributed by atoms with van der Waals surface area (Å²) in [6, 6.07) is -0.762. The van der Waals surface area contributed by atoms with Crippen LogP contribution in [0.15, 0.2) is 36.5 Å². The van der Waals surface area contributed by atoms with Crippen molar-refractivity contribution in [2.24, 2.45) is 0 Å². The van der Waals surface area contributed by atoms with Crippen LogP contribution >= 0.6 is 0 Å². The Morgan fingerprint density at radius 1 is 0.510 bits per heavy atom. The Morgan fingerprint density at radius 3 is 1.33 bits per heavy atom. The highest BCUT2D eigenvalue weighted by molar-refractivity contribution is 5.76. The number of nitrogens with one attached hydrogen (secondary N) is 1. The zero-order valence-corrected chi connectivity index (χ0v) is 32.6. The zero-order chi connectivity index (χ0) is 35.9. The van der Waals surface area contributed by atoms with E-state index in [1.165, 1.54) is 141 Å². The predicted octanol–water partition coefficient (Wildman–Crippen LogP) is 12.0. The van der Waals surface area contributed by atoms with Gasteiger partial charge in [-0.15, -0.1) is 0 Å². The fraction of sp³-hybridized carbons (Fsp3) is 0.841. The number of amides is 1. The second kappa shape index (κ2) is 39.4. The van der Waals surface area contributed by atoms with Crippen LogP contribution < -0.4 is 5.32 Å². The largest absolute Gasteiger partial charge is 0.394 e. The van der Waals surface area contributed by atoms with E-state index >= 15 is 0 Å². The fourth-order valence-electron chi connectivity index (χ4n) is 6.35. The molecule has 0 aromatic rings. The van der Waals surface area contributed by atoms with Gasteiger partial charge in [0.1, 0.15) is 0 Å². The first-order chi connectivity index (χ1) is 24.0. The minimum Gasteiger partial charge on any atom is -0.394 e. The van der Waals surface area contributed by atoms with Crippen molar-refractivity contribution >= 4 is 5.91 Å². The summed E-state index contributed by atoms with van der Waals surface area (Å²) >= 11 is 0. The average molecular weight is 690 g/mol. The number of hydrogen-bond acceptors (Lipinski definition) is 4. The van der Waals surface area contributed by atoms with Crippen LogP contribution in [0.3, 0.4) is 0 Å². The molecule has 0 rings (SSSR count). The molecule has 0 heterocycles. The highest BCUT2D eigenvalue weighted by atomic mass is 16.3. The minimum atomic E-state index is -0.953. The van der Waals surface area contributed by atoms with Crippen LogP contribution in [0, 0.1) is 0 Å². The molecular formula is C44H83NO4. The SMILES string of the molecule is CCCCCC/C=C\CCCCCCCC(O)CC(=O)NC(CO)C(O)/C=C/CC/C=C/CCCCCCCCCCCCCCCCC. The topological polar surface area (TPSA) is 89.8 Å². The van der Waals surface area contributed by atoms with Gasteiger partial charge in [-0.05, 0) is 57.8 Å². The van der Waals surface area contributed by atoms with Crippen molar-refractivity contribution in [3.63, 3.8) is 0 Å². The van der Waals surface area contributed by atoms with Gasteiger partial charge in [0.25, 0.3) is 0 Å². The van der Waals surface area contributed by atoms with E-state index in [4.69, 9.17) is 0 Å². The highest BCUT2D eigenvalue weighted by Crippen LogP contribution is 2.15. The van der Waals surface area contributed by atoms with Gasteiger partial charge in [0.2, 0.25) is 5.91 Å². The summed E-state index contributed by atoms with van der Waals surface area (Å²) in [6.07, 6.45) is 48.6. The lowest BCUT2D eigenvalue weighted by Gasteiger charge is -2.20. The van der Waals surface area contributed by atoms with Gasteiger partial charge in [-0.3, -0.25) is 4.79 Å². The molecule has 5 nitrogen and oxygen atoms in total. The molecule has 0 aromatic carbocycles. The lowest BCUT2D eigenvalue weighted by molar-refractivity contribution is -0.124. The Labute approximate surface area is 304 Å². The van der Waals surface area contributed by atoms with Crippen molar-refractivity contribution in [3.8, 4) is 0 Å². The van der Waals surface area contributed by atoms with Crippen molar-refractivity contribution in [2.75, 3.05) is 6.61 Å². The molecule has 288 valence electrons. The molecule has 0 fully saturated rings. The summed E-state index contributed by atoms with van der Waals surface area (Å²) in [5.74, 6) is -0.331. The van der Waals surface area contributed by atoms with E-state index in [0.29, 0.717) is 6.42 Å². The van der Waals surface area contributed by atoms with Crippen molar-refractivity contribution < 1.29 is 20.1 Å². The second-order valence-corrected chi connectivity index (χ2v) is 14.6. The number of allylic oxidation sites excluding steroid dienone is 5. The number of hydrogen-bond donors (Lipinski definition) is 4. The fourth-order valence-corrected chi connectivity index (χ4v) is 6.35. The van der Waals surface area contributed by atoms with Gasteiger partial charge in [0.05, 0.1) is 31.3 Å². The molecule has 0 aliphatic carbocycles. The Kier molecular flexibility index (Phi) is 38.2. The number of unbranched alkanes of at least 4 members (excludes halogenated alkanes) is 25. The molecular weight excluding hydrogens is 606 g/mol. The molecule has 0 aliphatic heterocycles. The summed E-state index contributed by atoms with van der Waals surface area (Å²) in [6.45, 7) is 4.18. The van der Waals surface area contributed by atoms with Gasteiger partial charge in [-0.2, -0.15) is 0 Å². The Morgan fingerprint density at radius 2 is 0.878 bits per heavy atom. The molecule has 49 heavy (non-hydrogen) atoms. The first-order valence-corrected chi connectivity index (χ1v) is 21.3. The van der Waals surface area contributed by atoms with E-state index in [0.717, 1.165) is 44.9 Å². The molecule has 0 spiro atoms. The summed E-state index contributed by atoms with van der Waals surface area (Å²) in [7, 11) is 0.